The number of sulfonamides is 1. The quantitative estimate of drug-likeness (QED) is 0.637. The summed E-state index contributed by atoms with van der Waals surface area (Å²) in [6.07, 6.45) is 2.94. The smallest absolute Gasteiger partial charge is 0.243 e. The van der Waals surface area contributed by atoms with E-state index in [1.807, 2.05) is 6.92 Å². The number of rotatable bonds is 7. The Balaban J connectivity index is 1.57. The molecule has 9 heteroatoms. The zero-order valence-electron chi connectivity index (χ0n) is 19.5. The van der Waals surface area contributed by atoms with Crippen LogP contribution in [0.3, 0.4) is 0 Å². The number of carbonyl (C=O) groups excluding carboxylic acids is 1. The molecule has 0 saturated carbocycles. The number of morpholine rings is 1. The van der Waals surface area contributed by atoms with Crippen LogP contribution in [-0.2, 0) is 19.6 Å². The highest BCUT2D eigenvalue weighted by molar-refractivity contribution is 7.89. The molecular weight excluding hydrogens is 457 g/mol. The first kappa shape index (κ1) is 24.6. The molecule has 7 nitrogen and oxygen atoms in total. The van der Waals surface area contributed by atoms with Gasteiger partial charge in [0.15, 0.2) is 0 Å². The molecule has 2 heterocycles. The van der Waals surface area contributed by atoms with E-state index in [1.54, 1.807) is 30.3 Å². The Labute approximate surface area is 200 Å². The second-order valence-corrected chi connectivity index (χ2v) is 10.9. The summed E-state index contributed by atoms with van der Waals surface area (Å²) < 4.78 is 46.7. The Morgan fingerprint density at radius 2 is 1.71 bits per heavy atom. The molecular formula is C25H32FN3O4S. The molecule has 2 aromatic carbocycles. The van der Waals surface area contributed by atoms with E-state index in [9.17, 15) is 17.6 Å². The number of halogens is 1. The summed E-state index contributed by atoms with van der Waals surface area (Å²) >= 11 is 0. The largest absolute Gasteiger partial charge is 0.378 e. The molecule has 0 bridgehead atoms. The summed E-state index contributed by atoms with van der Waals surface area (Å²) in [5.41, 5.74) is 2.13. The minimum absolute atomic E-state index is 0.118. The van der Waals surface area contributed by atoms with Crippen molar-refractivity contribution >= 4 is 27.3 Å². The Hall–Kier alpha value is -2.49. The topological polar surface area (TPSA) is 79.0 Å². The van der Waals surface area contributed by atoms with E-state index in [-0.39, 0.29) is 29.0 Å². The number of anilines is 2. The Kier molecular flexibility index (Phi) is 7.85. The van der Waals surface area contributed by atoms with Crippen molar-refractivity contribution in [3.63, 3.8) is 0 Å². The number of amides is 1. The summed E-state index contributed by atoms with van der Waals surface area (Å²) in [7, 11) is -3.63. The zero-order valence-corrected chi connectivity index (χ0v) is 20.3. The van der Waals surface area contributed by atoms with Crippen molar-refractivity contribution in [2.45, 2.75) is 43.4 Å². The van der Waals surface area contributed by atoms with Crippen LogP contribution in [0.5, 0.6) is 0 Å². The third-order valence-corrected chi connectivity index (χ3v) is 8.37. The van der Waals surface area contributed by atoms with Crippen LogP contribution in [0, 0.1) is 5.82 Å². The fourth-order valence-corrected chi connectivity index (χ4v) is 6.04. The van der Waals surface area contributed by atoms with E-state index in [2.05, 4.69) is 10.2 Å². The average molecular weight is 490 g/mol. The number of benzene rings is 2. The lowest BCUT2D eigenvalue weighted by atomic mass is 9.97. The van der Waals surface area contributed by atoms with Gasteiger partial charge in [-0.2, -0.15) is 4.31 Å². The fourth-order valence-electron chi connectivity index (χ4n) is 4.50. The highest BCUT2D eigenvalue weighted by atomic mass is 32.2. The van der Waals surface area contributed by atoms with Gasteiger partial charge in [0.05, 0.1) is 29.5 Å². The van der Waals surface area contributed by atoms with Crippen molar-refractivity contribution in [3.05, 3.63) is 53.8 Å². The first-order valence-corrected chi connectivity index (χ1v) is 13.3. The highest BCUT2D eigenvalue weighted by Gasteiger charge is 2.28. The number of ether oxygens (including phenoxy) is 1. The number of nitrogens with zero attached hydrogens (tertiary/aromatic N) is 2. The van der Waals surface area contributed by atoms with Crippen molar-refractivity contribution < 1.29 is 22.3 Å². The Morgan fingerprint density at radius 3 is 2.38 bits per heavy atom. The van der Waals surface area contributed by atoms with E-state index in [0.717, 1.165) is 30.5 Å². The van der Waals surface area contributed by atoms with Gasteiger partial charge in [0, 0.05) is 32.6 Å². The minimum Gasteiger partial charge on any atom is -0.378 e. The molecule has 4 rings (SSSR count). The predicted molar refractivity (Wildman–Crippen MR) is 130 cm³/mol. The predicted octanol–water partition coefficient (Wildman–Crippen LogP) is 3.97. The maximum atomic E-state index is 13.3. The molecule has 0 spiro atoms. The summed E-state index contributed by atoms with van der Waals surface area (Å²) in [6, 6.07) is 11.1. The maximum absolute atomic E-state index is 13.3. The van der Waals surface area contributed by atoms with Crippen molar-refractivity contribution in [2.75, 3.05) is 49.6 Å². The molecule has 2 aromatic rings. The molecule has 0 aliphatic carbocycles. The first-order chi connectivity index (χ1) is 16.3. The van der Waals surface area contributed by atoms with Crippen molar-refractivity contribution in [1.82, 2.24) is 4.31 Å². The molecule has 184 valence electrons. The zero-order chi connectivity index (χ0) is 24.1. The van der Waals surface area contributed by atoms with E-state index < -0.39 is 10.0 Å². The number of hydrogen-bond donors (Lipinski definition) is 1. The van der Waals surface area contributed by atoms with Crippen LogP contribution in [0.25, 0.3) is 0 Å². The lowest BCUT2D eigenvalue weighted by Crippen LogP contribution is -2.37. The van der Waals surface area contributed by atoms with Gasteiger partial charge in [0.25, 0.3) is 0 Å². The molecule has 34 heavy (non-hydrogen) atoms. The van der Waals surface area contributed by atoms with Gasteiger partial charge in [-0.05, 0) is 54.7 Å². The second kappa shape index (κ2) is 10.8. The van der Waals surface area contributed by atoms with Gasteiger partial charge < -0.3 is 15.0 Å². The minimum atomic E-state index is -3.63. The van der Waals surface area contributed by atoms with Gasteiger partial charge in [-0.1, -0.05) is 25.5 Å². The van der Waals surface area contributed by atoms with Crippen LogP contribution in [0.15, 0.2) is 47.4 Å². The molecule has 1 atom stereocenters. The van der Waals surface area contributed by atoms with Crippen LogP contribution in [0.4, 0.5) is 15.8 Å². The SMILES string of the molecule is CC(CC(=O)Nc1cc(S(=O)(=O)N2CCCCC2)ccc1N1CCOCC1)c1ccc(F)cc1. The summed E-state index contributed by atoms with van der Waals surface area (Å²) in [5.74, 6) is -0.658. The molecule has 0 aromatic heterocycles. The molecule has 1 unspecified atom stereocenters. The van der Waals surface area contributed by atoms with Gasteiger partial charge in [0.2, 0.25) is 15.9 Å². The molecule has 2 saturated heterocycles. The van der Waals surface area contributed by atoms with E-state index in [4.69, 9.17) is 4.74 Å². The normalized spacial score (nSPS) is 18.5. The number of carbonyl (C=O) groups is 1. The second-order valence-electron chi connectivity index (χ2n) is 8.95. The lowest BCUT2D eigenvalue weighted by molar-refractivity contribution is -0.116. The Bertz CT molecular complexity index is 1100. The molecule has 2 fully saturated rings. The summed E-state index contributed by atoms with van der Waals surface area (Å²) in [5, 5.41) is 2.96. The van der Waals surface area contributed by atoms with Crippen LogP contribution in [-0.4, -0.2) is 58.0 Å². The first-order valence-electron chi connectivity index (χ1n) is 11.9. The van der Waals surface area contributed by atoms with E-state index >= 15 is 0 Å². The monoisotopic (exact) mass is 489 g/mol. The van der Waals surface area contributed by atoms with Gasteiger partial charge in [-0.25, -0.2) is 12.8 Å². The molecule has 2 aliphatic rings. The number of piperidine rings is 1. The van der Waals surface area contributed by atoms with Gasteiger partial charge in [-0.3, -0.25) is 4.79 Å². The van der Waals surface area contributed by atoms with Crippen LogP contribution >= 0.6 is 0 Å². The molecule has 1 amide bonds. The molecule has 0 radical (unpaired) electrons. The van der Waals surface area contributed by atoms with E-state index in [0.29, 0.717) is 45.1 Å². The van der Waals surface area contributed by atoms with Gasteiger partial charge in [0.1, 0.15) is 5.82 Å². The highest BCUT2D eigenvalue weighted by Crippen LogP contribution is 2.32. The number of nitrogens with one attached hydrogen (secondary N) is 1. The van der Waals surface area contributed by atoms with Crippen molar-refractivity contribution in [1.29, 1.82) is 0 Å². The average Bonchev–Trinajstić information content (AvgIpc) is 2.85. The van der Waals surface area contributed by atoms with Crippen molar-refractivity contribution in [2.24, 2.45) is 0 Å². The third kappa shape index (κ3) is 5.76. The fraction of sp³-hybridized carbons (Fsp3) is 0.480. The van der Waals surface area contributed by atoms with E-state index in [1.165, 1.54) is 16.4 Å². The number of hydrogen-bond acceptors (Lipinski definition) is 5. The molecule has 2 aliphatic heterocycles. The maximum Gasteiger partial charge on any atom is 0.243 e. The lowest BCUT2D eigenvalue weighted by Gasteiger charge is -2.31. The third-order valence-electron chi connectivity index (χ3n) is 6.48. The van der Waals surface area contributed by atoms with Crippen LogP contribution in [0.1, 0.15) is 44.1 Å². The van der Waals surface area contributed by atoms with Crippen LogP contribution < -0.4 is 10.2 Å². The van der Waals surface area contributed by atoms with Gasteiger partial charge in [-0.15, -0.1) is 0 Å². The summed E-state index contributed by atoms with van der Waals surface area (Å²) in [6.45, 7) is 5.41. The Morgan fingerprint density at radius 1 is 1.03 bits per heavy atom. The van der Waals surface area contributed by atoms with Gasteiger partial charge >= 0.3 is 0 Å². The van der Waals surface area contributed by atoms with Crippen molar-refractivity contribution in [3.8, 4) is 0 Å². The molecule has 1 N–H and O–H groups in total. The standard InChI is InChI=1S/C25H32FN3O4S/c1-19(20-5-7-21(26)8-6-20)17-25(30)27-23-18-22(34(31,32)29-11-3-2-4-12-29)9-10-24(23)28-13-15-33-16-14-28/h5-10,18-19H,2-4,11-17H2,1H3,(H,27,30). The van der Waals surface area contributed by atoms with Crippen LogP contribution in [0.2, 0.25) is 0 Å². The summed E-state index contributed by atoms with van der Waals surface area (Å²) in [4.78, 5) is 15.3.